The molecule has 2 radical (unpaired) electrons. The smallest absolute Gasteiger partial charge is 0.190 e. The molecule has 0 amide bonds. The van der Waals surface area contributed by atoms with E-state index in [1.54, 1.807) is 0 Å². The summed E-state index contributed by atoms with van der Waals surface area (Å²) in [5.74, 6) is 0. The van der Waals surface area contributed by atoms with Gasteiger partial charge in [-0.25, -0.2) is 0 Å². The van der Waals surface area contributed by atoms with Crippen LogP contribution in [0.1, 0.15) is 0 Å². The van der Waals surface area contributed by atoms with E-state index in [2.05, 4.69) is 19.6 Å². The molecule has 0 saturated heterocycles. The first-order chi connectivity index (χ1) is 2.77. The van der Waals surface area contributed by atoms with Crippen LogP contribution in [0.15, 0.2) is 0 Å². The van der Waals surface area contributed by atoms with Crippen LogP contribution in [-0.2, 0) is 4.12 Å². The summed E-state index contributed by atoms with van der Waals surface area (Å²) in [7, 11) is -0.0509. The third-order valence-corrected chi connectivity index (χ3v) is 3.18. The van der Waals surface area contributed by atoms with Crippen LogP contribution in [0.25, 0.3) is 0 Å². The summed E-state index contributed by atoms with van der Waals surface area (Å²) in [5.41, 5.74) is 0. The largest absolute Gasteiger partial charge is 0.458 e. The zero-order valence-corrected chi connectivity index (χ0v) is 6.64. The molecule has 0 aromatic heterocycles. The molecule has 0 heterocycles. The minimum Gasteiger partial charge on any atom is -0.458 e. The second kappa shape index (κ2) is 3.58. The lowest BCUT2D eigenvalue weighted by atomic mass is 11.9. The van der Waals surface area contributed by atoms with Crippen LogP contribution in [0.4, 0.5) is 0 Å². The highest BCUT2D eigenvalue weighted by atomic mass is 28.3. The Morgan fingerprint density at radius 2 is 2.00 bits per heavy atom. The molecule has 0 aromatic rings. The van der Waals surface area contributed by atoms with Crippen molar-refractivity contribution >= 4 is 18.8 Å². The van der Waals surface area contributed by atoms with E-state index in [0.29, 0.717) is 9.76 Å². The van der Waals surface area contributed by atoms with Crippen molar-refractivity contribution in [2.75, 3.05) is 0 Å². The molecule has 1 nitrogen and oxygen atoms in total. The van der Waals surface area contributed by atoms with Gasteiger partial charge in [0, 0.05) is 0 Å². The van der Waals surface area contributed by atoms with E-state index in [1.165, 1.54) is 0 Å². The average Bonchev–Trinajstić information content (AvgIpc) is 1.35. The van der Waals surface area contributed by atoms with Crippen LogP contribution in [-0.4, -0.2) is 18.8 Å². The summed E-state index contributed by atoms with van der Waals surface area (Å²) in [6.45, 7) is 6.42. The molecular weight excluding hydrogens is 108 g/mol. The van der Waals surface area contributed by atoms with Crippen molar-refractivity contribution in [2.45, 2.75) is 19.6 Å². The van der Waals surface area contributed by atoms with Gasteiger partial charge in [0.05, 0.1) is 0 Å². The van der Waals surface area contributed by atoms with E-state index in [4.69, 9.17) is 4.12 Å². The average molecular weight is 118 g/mol. The summed E-state index contributed by atoms with van der Waals surface area (Å²) in [4.78, 5) is 0. The summed E-state index contributed by atoms with van der Waals surface area (Å²) in [6.07, 6.45) is 0. The highest BCUT2D eigenvalue weighted by molar-refractivity contribution is 6.55. The lowest BCUT2D eigenvalue weighted by molar-refractivity contribution is 0.630. The minimum atomic E-state index is -0.349. The predicted molar refractivity (Wildman–Crippen MR) is 31.6 cm³/mol. The van der Waals surface area contributed by atoms with Gasteiger partial charge in [0.15, 0.2) is 18.8 Å². The fourth-order valence-electron chi connectivity index (χ4n) is 0.236. The van der Waals surface area contributed by atoms with E-state index in [-0.39, 0.29) is 9.04 Å². The SMILES string of the molecule is C[SiH]O[Si](C)C. The Labute approximate surface area is 43.4 Å². The lowest BCUT2D eigenvalue weighted by Gasteiger charge is -1.97. The number of hydrogen-bond acceptors (Lipinski definition) is 1. The predicted octanol–water partition coefficient (Wildman–Crippen LogP) is 0.654. The fourth-order valence-corrected chi connectivity index (χ4v) is 2.12. The fraction of sp³-hybridized carbons (Fsp3) is 1.00. The van der Waals surface area contributed by atoms with E-state index in [9.17, 15) is 0 Å². The molecule has 0 unspecified atom stereocenters. The monoisotopic (exact) mass is 118 g/mol. The third-order valence-electron chi connectivity index (χ3n) is 0.354. The maximum atomic E-state index is 5.23. The molecule has 36 valence electrons. The number of rotatable bonds is 2. The molecule has 0 aliphatic rings. The Bertz CT molecular complexity index is 30.0. The summed E-state index contributed by atoms with van der Waals surface area (Å²) in [5, 5.41) is 0. The Hall–Kier alpha value is 0.394. The Balaban J connectivity index is 2.63. The molecule has 0 aliphatic heterocycles. The van der Waals surface area contributed by atoms with Crippen molar-refractivity contribution in [3.05, 3.63) is 0 Å². The molecule has 6 heavy (non-hydrogen) atoms. The van der Waals surface area contributed by atoms with E-state index in [1.807, 2.05) is 0 Å². The lowest BCUT2D eigenvalue weighted by Crippen LogP contribution is -2.08. The topological polar surface area (TPSA) is 9.23 Å². The standard InChI is InChI=1S/C3H10OSi2/c1-5-4-6(2)3/h5H,1-3H3. The van der Waals surface area contributed by atoms with Gasteiger partial charge >= 0.3 is 0 Å². The molecular formula is C3H10OSi2. The van der Waals surface area contributed by atoms with Gasteiger partial charge < -0.3 is 4.12 Å². The molecule has 0 atom stereocenters. The first-order valence-corrected chi connectivity index (χ1v) is 6.05. The summed E-state index contributed by atoms with van der Waals surface area (Å²) < 4.78 is 5.23. The Morgan fingerprint density at radius 1 is 1.50 bits per heavy atom. The first kappa shape index (κ1) is 6.39. The van der Waals surface area contributed by atoms with Gasteiger partial charge in [0.2, 0.25) is 0 Å². The third kappa shape index (κ3) is 4.39. The molecule has 0 aromatic carbocycles. The molecule has 0 aliphatic carbocycles. The molecule has 0 fully saturated rings. The molecule has 0 rings (SSSR count). The van der Waals surface area contributed by atoms with Crippen LogP contribution in [0.3, 0.4) is 0 Å². The second-order valence-electron chi connectivity index (χ2n) is 1.26. The van der Waals surface area contributed by atoms with Gasteiger partial charge in [-0.05, 0) is 19.6 Å². The van der Waals surface area contributed by atoms with Crippen LogP contribution < -0.4 is 0 Å². The van der Waals surface area contributed by atoms with Crippen LogP contribution in [0.5, 0.6) is 0 Å². The molecule has 0 saturated carbocycles. The van der Waals surface area contributed by atoms with Crippen molar-refractivity contribution in [3.63, 3.8) is 0 Å². The zero-order valence-electron chi connectivity index (χ0n) is 4.49. The minimum absolute atomic E-state index is 0.298. The van der Waals surface area contributed by atoms with Crippen molar-refractivity contribution < 1.29 is 4.12 Å². The van der Waals surface area contributed by atoms with Gasteiger partial charge in [-0.15, -0.1) is 0 Å². The summed E-state index contributed by atoms with van der Waals surface area (Å²) in [6, 6.07) is 0. The maximum absolute atomic E-state index is 5.23. The molecule has 3 heteroatoms. The van der Waals surface area contributed by atoms with Gasteiger partial charge in [-0.2, -0.15) is 0 Å². The highest BCUT2D eigenvalue weighted by Crippen LogP contribution is 1.77. The second-order valence-corrected chi connectivity index (χ2v) is 4.49. The van der Waals surface area contributed by atoms with Crippen LogP contribution in [0.2, 0.25) is 19.6 Å². The highest BCUT2D eigenvalue weighted by Gasteiger charge is 1.89. The van der Waals surface area contributed by atoms with Crippen molar-refractivity contribution in [1.29, 1.82) is 0 Å². The van der Waals surface area contributed by atoms with Crippen molar-refractivity contribution in [2.24, 2.45) is 0 Å². The van der Waals surface area contributed by atoms with Crippen LogP contribution >= 0.6 is 0 Å². The molecule has 0 bridgehead atoms. The van der Waals surface area contributed by atoms with E-state index < -0.39 is 0 Å². The molecule has 0 spiro atoms. The maximum Gasteiger partial charge on any atom is 0.190 e. The van der Waals surface area contributed by atoms with Gasteiger partial charge in [0.25, 0.3) is 0 Å². The molecule has 0 N–H and O–H groups in total. The van der Waals surface area contributed by atoms with Crippen LogP contribution in [0, 0.1) is 0 Å². The van der Waals surface area contributed by atoms with Gasteiger partial charge in [-0.1, -0.05) is 0 Å². The van der Waals surface area contributed by atoms with E-state index in [0.717, 1.165) is 0 Å². The number of hydrogen-bond donors (Lipinski definition) is 0. The van der Waals surface area contributed by atoms with E-state index >= 15 is 0 Å². The Kier molecular flexibility index (Phi) is 3.81. The van der Waals surface area contributed by atoms with Gasteiger partial charge in [0.1, 0.15) is 0 Å². The summed E-state index contributed by atoms with van der Waals surface area (Å²) >= 11 is 0. The first-order valence-electron chi connectivity index (χ1n) is 2.02. The van der Waals surface area contributed by atoms with Gasteiger partial charge in [-0.3, -0.25) is 0 Å². The zero-order chi connectivity index (χ0) is 4.99. The normalized spacial score (nSPS) is 10.0. The van der Waals surface area contributed by atoms with Crippen molar-refractivity contribution in [1.82, 2.24) is 0 Å². The van der Waals surface area contributed by atoms with Crippen molar-refractivity contribution in [3.8, 4) is 0 Å². The Morgan fingerprint density at radius 3 is 2.00 bits per heavy atom. The quantitative estimate of drug-likeness (QED) is 0.484.